The van der Waals surface area contributed by atoms with E-state index in [2.05, 4.69) is 5.32 Å². The molecular weight excluding hydrogens is 423 g/mol. The van der Waals surface area contributed by atoms with Crippen molar-refractivity contribution in [2.24, 2.45) is 0 Å². The zero-order chi connectivity index (χ0) is 20.7. The van der Waals surface area contributed by atoms with E-state index < -0.39 is 27.8 Å². The highest BCUT2D eigenvalue weighted by Crippen LogP contribution is 2.21. The molecule has 0 unspecified atom stereocenters. The van der Waals surface area contributed by atoms with Gasteiger partial charge in [-0.2, -0.15) is 11.8 Å². The topological polar surface area (TPSA) is 66.5 Å². The van der Waals surface area contributed by atoms with Crippen LogP contribution in [0.5, 0.6) is 0 Å². The predicted molar refractivity (Wildman–Crippen MR) is 114 cm³/mol. The molecule has 1 atom stereocenters. The van der Waals surface area contributed by atoms with E-state index >= 15 is 0 Å². The minimum atomic E-state index is -3.76. The Labute approximate surface area is 174 Å². The normalized spacial score (nSPS) is 12.4. The largest absolute Gasteiger partial charge is 0.353 e. The summed E-state index contributed by atoms with van der Waals surface area (Å²) in [6.45, 7) is 1.87. The number of nitrogens with zero attached hydrogens (tertiary/aromatic N) is 1. The zero-order valence-electron chi connectivity index (χ0n) is 15.6. The molecule has 2 rings (SSSR count). The van der Waals surface area contributed by atoms with E-state index in [9.17, 15) is 17.6 Å². The molecule has 2 aromatic rings. The van der Waals surface area contributed by atoms with Crippen LogP contribution in [0.2, 0.25) is 5.02 Å². The molecule has 0 aliphatic rings. The fraction of sp³-hybridized carbons (Fsp3) is 0.316. The molecule has 2 aromatic carbocycles. The van der Waals surface area contributed by atoms with Crippen LogP contribution in [0.4, 0.5) is 10.1 Å². The second-order valence-corrected chi connectivity index (χ2v) is 9.59. The third-order valence-electron chi connectivity index (χ3n) is 3.88. The van der Waals surface area contributed by atoms with Gasteiger partial charge >= 0.3 is 0 Å². The van der Waals surface area contributed by atoms with Crippen molar-refractivity contribution in [1.29, 1.82) is 0 Å². The van der Waals surface area contributed by atoms with Gasteiger partial charge in [-0.05, 0) is 42.8 Å². The van der Waals surface area contributed by atoms with Gasteiger partial charge in [0.05, 0.1) is 11.9 Å². The van der Waals surface area contributed by atoms with E-state index in [0.717, 1.165) is 27.9 Å². The molecule has 0 radical (unpaired) electrons. The van der Waals surface area contributed by atoms with Gasteiger partial charge in [-0.25, -0.2) is 12.8 Å². The van der Waals surface area contributed by atoms with Crippen molar-refractivity contribution in [3.63, 3.8) is 0 Å². The van der Waals surface area contributed by atoms with E-state index in [0.29, 0.717) is 17.3 Å². The van der Waals surface area contributed by atoms with Gasteiger partial charge in [-0.15, -0.1) is 0 Å². The van der Waals surface area contributed by atoms with E-state index in [1.54, 1.807) is 11.8 Å². The molecule has 9 heteroatoms. The van der Waals surface area contributed by atoms with Gasteiger partial charge in [0, 0.05) is 23.1 Å². The first-order valence-electron chi connectivity index (χ1n) is 8.53. The second-order valence-electron chi connectivity index (χ2n) is 6.18. The zero-order valence-corrected chi connectivity index (χ0v) is 18.0. The molecule has 0 heterocycles. The van der Waals surface area contributed by atoms with Gasteiger partial charge in [0.15, 0.2) is 0 Å². The molecule has 0 aromatic heterocycles. The van der Waals surface area contributed by atoms with E-state index in [1.807, 2.05) is 24.3 Å². The number of halogens is 2. The molecule has 5 nitrogen and oxygen atoms in total. The second kappa shape index (κ2) is 10.1. The van der Waals surface area contributed by atoms with Crippen LogP contribution in [-0.4, -0.2) is 38.9 Å². The number of hydrogen-bond acceptors (Lipinski definition) is 4. The lowest BCUT2D eigenvalue weighted by Gasteiger charge is -2.28. The van der Waals surface area contributed by atoms with Gasteiger partial charge in [0.1, 0.15) is 11.9 Å². The first-order chi connectivity index (χ1) is 13.2. The van der Waals surface area contributed by atoms with Crippen LogP contribution in [0.25, 0.3) is 0 Å². The fourth-order valence-corrected chi connectivity index (χ4v) is 4.70. The van der Waals surface area contributed by atoms with Crippen LogP contribution in [0.15, 0.2) is 48.5 Å². The lowest BCUT2D eigenvalue weighted by atomic mass is 10.2. The lowest BCUT2D eigenvalue weighted by Crippen LogP contribution is -2.48. The van der Waals surface area contributed by atoms with Gasteiger partial charge in [0.25, 0.3) is 0 Å². The predicted octanol–water partition coefficient (Wildman–Crippen LogP) is 3.68. The van der Waals surface area contributed by atoms with Crippen molar-refractivity contribution >= 4 is 45.0 Å². The van der Waals surface area contributed by atoms with Crippen LogP contribution in [0, 0.1) is 5.82 Å². The molecule has 0 bridgehead atoms. The molecule has 0 fully saturated rings. The highest BCUT2D eigenvalue weighted by atomic mass is 35.5. The molecule has 152 valence electrons. The minimum absolute atomic E-state index is 0.113. The molecule has 0 spiro atoms. The monoisotopic (exact) mass is 444 g/mol. The Balaban J connectivity index is 1.89. The molecular formula is C19H22ClFN2O3S2. The van der Waals surface area contributed by atoms with Crippen LogP contribution in [-0.2, 0) is 20.6 Å². The van der Waals surface area contributed by atoms with Crippen LogP contribution in [0.3, 0.4) is 0 Å². The molecule has 1 amide bonds. The van der Waals surface area contributed by atoms with Crippen LogP contribution >= 0.6 is 23.4 Å². The fourth-order valence-electron chi connectivity index (χ4n) is 2.59. The van der Waals surface area contributed by atoms with Crippen molar-refractivity contribution in [3.05, 3.63) is 64.9 Å². The van der Waals surface area contributed by atoms with E-state index in [-0.39, 0.29) is 5.69 Å². The van der Waals surface area contributed by atoms with E-state index in [1.165, 1.54) is 25.1 Å². The summed E-state index contributed by atoms with van der Waals surface area (Å²) in [4.78, 5) is 12.4. The Morgan fingerprint density at radius 2 is 1.93 bits per heavy atom. The van der Waals surface area contributed by atoms with Crippen molar-refractivity contribution in [2.45, 2.75) is 18.7 Å². The number of nitrogens with one attached hydrogen (secondary N) is 1. The average molecular weight is 445 g/mol. The summed E-state index contributed by atoms with van der Waals surface area (Å²) in [5.74, 6) is 0.431. The number of thioether (sulfide) groups is 1. The van der Waals surface area contributed by atoms with Crippen LogP contribution in [0.1, 0.15) is 12.5 Å². The Bertz CT molecular complexity index is 908. The molecule has 1 N–H and O–H groups in total. The summed E-state index contributed by atoms with van der Waals surface area (Å²) in [5.41, 5.74) is 1.24. The maximum Gasteiger partial charge on any atom is 0.243 e. The van der Waals surface area contributed by atoms with Crippen molar-refractivity contribution in [2.75, 3.05) is 22.9 Å². The number of sulfonamides is 1. The molecule has 0 aliphatic carbocycles. The standard InChI is InChI=1S/C19H22ClFN2O3S2/c1-14(23(28(2,25)26)18-5-3-4-17(21)12-18)19(24)22-10-11-27-13-15-6-8-16(20)9-7-15/h3-9,12,14H,10-11,13H2,1-2H3,(H,22,24)/t14-/m0/s1. The Morgan fingerprint density at radius 3 is 2.54 bits per heavy atom. The Kier molecular flexibility index (Phi) is 8.15. The number of amides is 1. The Hall–Kier alpha value is -1.77. The lowest BCUT2D eigenvalue weighted by molar-refractivity contribution is -0.121. The SMILES string of the molecule is C[C@@H](C(=O)NCCSCc1ccc(Cl)cc1)N(c1cccc(F)c1)S(C)(=O)=O. The molecule has 0 saturated heterocycles. The molecule has 0 aliphatic heterocycles. The maximum absolute atomic E-state index is 13.5. The van der Waals surface area contributed by atoms with Gasteiger partial charge < -0.3 is 5.32 Å². The smallest absolute Gasteiger partial charge is 0.243 e. The number of carbonyl (C=O) groups is 1. The van der Waals surface area contributed by atoms with Gasteiger partial charge in [-0.1, -0.05) is 29.8 Å². The summed E-state index contributed by atoms with van der Waals surface area (Å²) in [6.07, 6.45) is 0.990. The summed E-state index contributed by atoms with van der Waals surface area (Å²) in [5, 5.41) is 3.42. The quantitative estimate of drug-likeness (QED) is 0.599. The number of anilines is 1. The van der Waals surface area contributed by atoms with E-state index in [4.69, 9.17) is 11.6 Å². The number of rotatable bonds is 9. The maximum atomic E-state index is 13.5. The van der Waals surface area contributed by atoms with Crippen LogP contribution < -0.4 is 9.62 Å². The first-order valence-corrected chi connectivity index (χ1v) is 11.9. The average Bonchev–Trinajstić information content (AvgIpc) is 2.61. The summed E-state index contributed by atoms with van der Waals surface area (Å²) in [7, 11) is -3.76. The summed E-state index contributed by atoms with van der Waals surface area (Å²) < 4.78 is 38.7. The highest BCUT2D eigenvalue weighted by molar-refractivity contribution is 7.98. The number of benzene rings is 2. The highest BCUT2D eigenvalue weighted by Gasteiger charge is 2.29. The number of carbonyl (C=O) groups excluding carboxylic acids is 1. The molecule has 0 saturated carbocycles. The van der Waals surface area contributed by atoms with Crippen molar-refractivity contribution < 1.29 is 17.6 Å². The summed E-state index contributed by atoms with van der Waals surface area (Å²) >= 11 is 7.49. The first kappa shape index (κ1) is 22.5. The van der Waals surface area contributed by atoms with Crippen molar-refractivity contribution in [3.8, 4) is 0 Å². The summed E-state index contributed by atoms with van der Waals surface area (Å²) in [6, 6.07) is 11.7. The third-order valence-corrected chi connectivity index (χ3v) is 6.40. The Morgan fingerprint density at radius 1 is 1.25 bits per heavy atom. The number of hydrogen-bond donors (Lipinski definition) is 1. The minimum Gasteiger partial charge on any atom is -0.353 e. The van der Waals surface area contributed by atoms with Gasteiger partial charge in [0.2, 0.25) is 15.9 Å². The van der Waals surface area contributed by atoms with Gasteiger partial charge in [-0.3, -0.25) is 9.10 Å². The third kappa shape index (κ3) is 6.68. The molecule has 28 heavy (non-hydrogen) atoms. The van der Waals surface area contributed by atoms with Crippen molar-refractivity contribution in [1.82, 2.24) is 5.32 Å².